The van der Waals surface area contributed by atoms with Crippen molar-refractivity contribution in [2.75, 3.05) is 6.61 Å². The lowest BCUT2D eigenvalue weighted by atomic mass is 10.1. The summed E-state index contributed by atoms with van der Waals surface area (Å²) in [6.07, 6.45) is -0.117. The summed E-state index contributed by atoms with van der Waals surface area (Å²) in [5.74, 6) is -0.346. The van der Waals surface area contributed by atoms with Gasteiger partial charge in [0.15, 0.2) is 0 Å². The van der Waals surface area contributed by atoms with E-state index in [1.54, 1.807) is 6.92 Å². The van der Waals surface area contributed by atoms with Crippen molar-refractivity contribution in [1.29, 1.82) is 0 Å². The minimum Gasteiger partial charge on any atom is -0.466 e. The van der Waals surface area contributed by atoms with Crippen molar-refractivity contribution in [2.24, 2.45) is 0 Å². The Morgan fingerprint density at radius 1 is 1.40 bits per heavy atom. The van der Waals surface area contributed by atoms with Crippen LogP contribution < -0.4 is 0 Å². The van der Waals surface area contributed by atoms with Gasteiger partial charge in [-0.3, -0.25) is 4.79 Å². The fourth-order valence-electron chi connectivity index (χ4n) is 1.37. The van der Waals surface area contributed by atoms with Crippen LogP contribution in [0.5, 0.6) is 0 Å². The number of hydrogen-bond donors (Lipinski definition) is 1. The molecule has 1 rings (SSSR count). The maximum Gasteiger partial charge on any atom is 0.308 e. The fraction of sp³-hybridized carbons (Fsp3) is 0.417. The van der Waals surface area contributed by atoms with Crippen molar-refractivity contribution in [2.45, 2.75) is 25.9 Å². The Bertz CT molecular complexity index is 295. The van der Waals surface area contributed by atoms with Gasteiger partial charge in [-0.15, -0.1) is 0 Å². The molecule has 0 fully saturated rings. The van der Waals surface area contributed by atoms with E-state index >= 15 is 0 Å². The average Bonchev–Trinajstić information content (AvgIpc) is 2.19. The van der Waals surface area contributed by atoms with Crippen molar-refractivity contribution in [3.05, 3.63) is 35.9 Å². The van der Waals surface area contributed by atoms with Crippen LogP contribution in [0.3, 0.4) is 0 Å². The highest BCUT2D eigenvalue weighted by Gasteiger charge is 2.11. The van der Waals surface area contributed by atoms with Crippen LogP contribution in [-0.4, -0.2) is 23.8 Å². The van der Waals surface area contributed by atoms with E-state index in [-0.39, 0.29) is 12.4 Å². The van der Waals surface area contributed by atoms with E-state index in [9.17, 15) is 9.90 Å². The third-order valence-electron chi connectivity index (χ3n) is 2.02. The number of esters is 1. The van der Waals surface area contributed by atoms with Gasteiger partial charge in [0.25, 0.3) is 0 Å². The first kappa shape index (κ1) is 11.7. The zero-order valence-corrected chi connectivity index (χ0v) is 8.85. The third-order valence-corrected chi connectivity index (χ3v) is 2.02. The van der Waals surface area contributed by atoms with Crippen molar-refractivity contribution in [3.63, 3.8) is 0 Å². The molecule has 0 aliphatic rings. The van der Waals surface area contributed by atoms with Gasteiger partial charge in [0, 0.05) is 0 Å². The number of aliphatic hydroxyl groups is 1. The monoisotopic (exact) mass is 208 g/mol. The van der Waals surface area contributed by atoms with E-state index in [4.69, 9.17) is 4.74 Å². The first-order valence-corrected chi connectivity index (χ1v) is 5.10. The van der Waals surface area contributed by atoms with Gasteiger partial charge in [-0.05, 0) is 18.9 Å². The summed E-state index contributed by atoms with van der Waals surface area (Å²) in [4.78, 5) is 11.1. The molecule has 1 unspecified atom stereocenters. The lowest BCUT2D eigenvalue weighted by molar-refractivity contribution is -0.145. The highest BCUT2D eigenvalue weighted by Crippen LogP contribution is 2.06. The van der Waals surface area contributed by atoms with E-state index in [0.717, 1.165) is 5.56 Å². The van der Waals surface area contributed by atoms with Crippen LogP contribution in [0, 0.1) is 0 Å². The van der Waals surface area contributed by atoms with Gasteiger partial charge in [-0.25, -0.2) is 0 Å². The molecule has 1 aromatic carbocycles. The summed E-state index contributed by atoms with van der Waals surface area (Å²) in [5.41, 5.74) is 1.02. The van der Waals surface area contributed by atoms with E-state index < -0.39 is 6.10 Å². The highest BCUT2D eigenvalue weighted by molar-refractivity contribution is 5.69. The summed E-state index contributed by atoms with van der Waals surface area (Å²) in [5, 5.41) is 9.60. The number of ether oxygens (including phenoxy) is 1. The predicted molar refractivity (Wildman–Crippen MR) is 57.4 cm³/mol. The van der Waals surface area contributed by atoms with Crippen LogP contribution in [0.2, 0.25) is 0 Å². The van der Waals surface area contributed by atoms with Crippen LogP contribution >= 0.6 is 0 Å². The standard InChI is InChI=1S/C12H16O3/c1-2-15-12(14)9-11(13)8-10-6-4-3-5-7-10/h3-7,11,13H,2,8-9H2,1H3. The average molecular weight is 208 g/mol. The molecule has 3 nitrogen and oxygen atoms in total. The maximum atomic E-state index is 11.1. The molecule has 0 amide bonds. The number of hydrogen-bond acceptors (Lipinski definition) is 3. The number of benzene rings is 1. The van der Waals surface area contributed by atoms with E-state index in [1.165, 1.54) is 0 Å². The normalized spacial score (nSPS) is 12.1. The summed E-state index contributed by atoms with van der Waals surface area (Å²) >= 11 is 0. The second kappa shape index (κ2) is 6.19. The first-order chi connectivity index (χ1) is 7.22. The number of rotatable bonds is 5. The van der Waals surface area contributed by atoms with E-state index in [2.05, 4.69) is 0 Å². The molecule has 0 aliphatic carbocycles. The highest BCUT2D eigenvalue weighted by atomic mass is 16.5. The van der Waals surface area contributed by atoms with Crippen molar-refractivity contribution < 1.29 is 14.6 Å². The third kappa shape index (κ3) is 4.61. The lowest BCUT2D eigenvalue weighted by Gasteiger charge is -2.09. The van der Waals surface area contributed by atoms with Gasteiger partial charge in [0.05, 0.1) is 19.1 Å². The second-order valence-electron chi connectivity index (χ2n) is 3.35. The SMILES string of the molecule is CCOC(=O)CC(O)Cc1ccccc1. The Hall–Kier alpha value is -1.35. The minimum absolute atomic E-state index is 0.0583. The van der Waals surface area contributed by atoms with Gasteiger partial charge in [-0.2, -0.15) is 0 Å². The Labute approximate surface area is 89.7 Å². The predicted octanol–water partition coefficient (Wildman–Crippen LogP) is 1.54. The fourth-order valence-corrected chi connectivity index (χ4v) is 1.37. The Kier molecular flexibility index (Phi) is 4.84. The molecule has 1 aromatic rings. The molecular weight excluding hydrogens is 192 g/mol. The van der Waals surface area contributed by atoms with Crippen LogP contribution in [0.25, 0.3) is 0 Å². The summed E-state index contributed by atoms with van der Waals surface area (Å²) in [7, 11) is 0. The summed E-state index contributed by atoms with van der Waals surface area (Å²) in [6, 6.07) is 9.59. The molecule has 0 spiro atoms. The molecule has 0 saturated heterocycles. The molecule has 15 heavy (non-hydrogen) atoms. The largest absolute Gasteiger partial charge is 0.466 e. The molecule has 0 radical (unpaired) electrons. The van der Waals surface area contributed by atoms with Crippen LogP contribution in [-0.2, 0) is 16.0 Å². The first-order valence-electron chi connectivity index (χ1n) is 5.10. The topological polar surface area (TPSA) is 46.5 Å². The van der Waals surface area contributed by atoms with Crippen LogP contribution in [0.4, 0.5) is 0 Å². The number of carbonyl (C=O) groups is 1. The summed E-state index contributed by atoms with van der Waals surface area (Å²) in [6.45, 7) is 2.11. The lowest BCUT2D eigenvalue weighted by Crippen LogP contribution is -2.17. The molecule has 0 bridgehead atoms. The van der Waals surface area contributed by atoms with E-state index in [0.29, 0.717) is 13.0 Å². The molecule has 0 saturated carbocycles. The molecular formula is C12H16O3. The van der Waals surface area contributed by atoms with Crippen molar-refractivity contribution >= 4 is 5.97 Å². The Morgan fingerprint density at radius 3 is 2.67 bits per heavy atom. The quantitative estimate of drug-likeness (QED) is 0.747. The summed E-state index contributed by atoms with van der Waals surface area (Å²) < 4.78 is 4.75. The molecule has 0 aromatic heterocycles. The van der Waals surface area contributed by atoms with Crippen molar-refractivity contribution in [1.82, 2.24) is 0 Å². The Morgan fingerprint density at radius 2 is 2.07 bits per heavy atom. The zero-order valence-electron chi connectivity index (χ0n) is 8.85. The maximum absolute atomic E-state index is 11.1. The van der Waals surface area contributed by atoms with Gasteiger partial charge in [0.1, 0.15) is 0 Å². The molecule has 0 aliphatic heterocycles. The molecule has 82 valence electrons. The number of aliphatic hydroxyl groups excluding tert-OH is 1. The van der Waals surface area contributed by atoms with E-state index in [1.807, 2.05) is 30.3 Å². The van der Waals surface area contributed by atoms with Crippen LogP contribution in [0.1, 0.15) is 18.9 Å². The van der Waals surface area contributed by atoms with Gasteiger partial charge >= 0.3 is 5.97 Å². The Balaban J connectivity index is 2.36. The minimum atomic E-state index is -0.661. The smallest absolute Gasteiger partial charge is 0.308 e. The molecule has 3 heteroatoms. The molecule has 1 N–H and O–H groups in total. The van der Waals surface area contributed by atoms with Crippen molar-refractivity contribution in [3.8, 4) is 0 Å². The molecule has 1 atom stereocenters. The zero-order chi connectivity index (χ0) is 11.1. The second-order valence-corrected chi connectivity index (χ2v) is 3.35. The van der Waals surface area contributed by atoms with Crippen LogP contribution in [0.15, 0.2) is 30.3 Å². The van der Waals surface area contributed by atoms with Gasteiger partial charge in [0.2, 0.25) is 0 Å². The van der Waals surface area contributed by atoms with Gasteiger partial charge in [-0.1, -0.05) is 30.3 Å². The van der Waals surface area contributed by atoms with Gasteiger partial charge < -0.3 is 9.84 Å². The molecule has 0 heterocycles. The number of carbonyl (C=O) groups excluding carboxylic acids is 1.